The quantitative estimate of drug-likeness (QED) is 0.611. The highest BCUT2D eigenvalue weighted by Crippen LogP contribution is 2.00. The van der Waals surface area contributed by atoms with Crippen molar-refractivity contribution in [3.63, 3.8) is 0 Å². The van der Waals surface area contributed by atoms with Gasteiger partial charge in [-0.05, 0) is 0 Å². The van der Waals surface area contributed by atoms with E-state index >= 15 is 0 Å². The lowest BCUT2D eigenvalue weighted by Crippen LogP contribution is -2.05. The Morgan fingerprint density at radius 3 is 3.18 bits per heavy atom. The van der Waals surface area contributed by atoms with Gasteiger partial charge in [0.05, 0.1) is 6.26 Å². The van der Waals surface area contributed by atoms with E-state index in [1.807, 2.05) is 0 Å². The van der Waals surface area contributed by atoms with Gasteiger partial charge in [0, 0.05) is 6.07 Å². The van der Waals surface area contributed by atoms with Gasteiger partial charge in [-0.25, -0.2) is 0 Å². The molecule has 0 saturated carbocycles. The second kappa shape index (κ2) is 3.61. The average molecular weight is 152 g/mol. The van der Waals surface area contributed by atoms with E-state index in [4.69, 9.17) is 9.15 Å². The molecule has 0 spiro atoms. The Morgan fingerprint density at radius 2 is 2.55 bits per heavy atom. The monoisotopic (exact) mass is 152 g/mol. The van der Waals surface area contributed by atoms with Gasteiger partial charge in [-0.1, -0.05) is 12.7 Å². The molecule has 58 valence electrons. The fourth-order valence-electron chi connectivity index (χ4n) is 0.596. The van der Waals surface area contributed by atoms with Crippen molar-refractivity contribution >= 4 is 0 Å². The van der Waals surface area contributed by atoms with Crippen LogP contribution in [0.2, 0.25) is 0 Å². The summed E-state index contributed by atoms with van der Waals surface area (Å²) in [5.74, 6) is 0.215. The molecule has 11 heavy (non-hydrogen) atoms. The second-order valence-corrected chi connectivity index (χ2v) is 1.88. The zero-order chi connectivity index (χ0) is 8.10. The lowest BCUT2D eigenvalue weighted by atomic mass is 10.5. The molecule has 1 heterocycles. The fraction of sp³-hybridized carbons (Fsp3) is 0.125. The van der Waals surface area contributed by atoms with E-state index < -0.39 is 0 Å². The highest BCUT2D eigenvalue weighted by molar-refractivity contribution is 5.14. The van der Waals surface area contributed by atoms with E-state index in [1.165, 1.54) is 18.6 Å². The molecule has 0 aliphatic heterocycles. The third-order valence-electron chi connectivity index (χ3n) is 1.07. The van der Waals surface area contributed by atoms with Gasteiger partial charge in [0.1, 0.15) is 12.9 Å². The summed E-state index contributed by atoms with van der Waals surface area (Å²) in [6.45, 7) is 3.76. The summed E-state index contributed by atoms with van der Waals surface area (Å²) in [6.07, 6.45) is 4.14. The van der Waals surface area contributed by atoms with Crippen LogP contribution >= 0.6 is 0 Å². The van der Waals surface area contributed by atoms with Crippen LogP contribution in [0.15, 0.2) is 40.5 Å². The molecule has 0 bridgehead atoms. The minimum absolute atomic E-state index is 0.182. The maximum atomic E-state index is 10.9. The molecule has 0 atom stereocenters. The molecule has 0 aliphatic rings. The Morgan fingerprint density at radius 1 is 1.73 bits per heavy atom. The van der Waals surface area contributed by atoms with Crippen LogP contribution in [0.5, 0.6) is 5.75 Å². The molecular formula is C8H8O3. The minimum Gasteiger partial charge on any atom is -0.482 e. The summed E-state index contributed by atoms with van der Waals surface area (Å²) >= 11 is 0. The van der Waals surface area contributed by atoms with Crippen molar-refractivity contribution in [2.45, 2.75) is 0 Å². The van der Waals surface area contributed by atoms with Gasteiger partial charge in [-0.15, -0.1) is 0 Å². The molecule has 0 fully saturated rings. The molecule has 0 aromatic carbocycles. The second-order valence-electron chi connectivity index (χ2n) is 1.88. The van der Waals surface area contributed by atoms with E-state index in [-0.39, 0.29) is 11.2 Å². The van der Waals surface area contributed by atoms with Crippen LogP contribution in [-0.4, -0.2) is 6.61 Å². The van der Waals surface area contributed by atoms with Gasteiger partial charge >= 0.3 is 0 Å². The maximum Gasteiger partial charge on any atom is 0.226 e. The predicted molar refractivity (Wildman–Crippen MR) is 40.7 cm³/mol. The highest BCUT2D eigenvalue weighted by atomic mass is 16.5. The minimum atomic E-state index is -0.182. The van der Waals surface area contributed by atoms with Crippen LogP contribution in [0, 0.1) is 0 Å². The van der Waals surface area contributed by atoms with E-state index in [2.05, 4.69) is 6.58 Å². The van der Waals surface area contributed by atoms with Gasteiger partial charge < -0.3 is 9.15 Å². The first kappa shape index (κ1) is 7.60. The first-order valence-electron chi connectivity index (χ1n) is 3.15. The Bertz CT molecular complexity index is 287. The third kappa shape index (κ3) is 1.97. The largest absolute Gasteiger partial charge is 0.482 e. The molecule has 1 rings (SSSR count). The van der Waals surface area contributed by atoms with Gasteiger partial charge in [-0.2, -0.15) is 0 Å². The lowest BCUT2D eigenvalue weighted by Gasteiger charge is -1.98. The van der Waals surface area contributed by atoms with E-state index in [9.17, 15) is 4.79 Å². The molecule has 0 N–H and O–H groups in total. The van der Waals surface area contributed by atoms with Crippen molar-refractivity contribution in [2.75, 3.05) is 6.61 Å². The molecule has 3 heteroatoms. The highest BCUT2D eigenvalue weighted by Gasteiger charge is 1.96. The molecule has 0 saturated heterocycles. The summed E-state index contributed by atoms with van der Waals surface area (Å²) < 4.78 is 9.69. The number of hydrogen-bond acceptors (Lipinski definition) is 3. The Hall–Kier alpha value is -1.51. The van der Waals surface area contributed by atoms with Crippen LogP contribution in [0.1, 0.15) is 0 Å². The van der Waals surface area contributed by atoms with Crippen molar-refractivity contribution in [3.8, 4) is 5.75 Å². The zero-order valence-electron chi connectivity index (χ0n) is 5.95. The van der Waals surface area contributed by atoms with Crippen LogP contribution in [0.3, 0.4) is 0 Å². The lowest BCUT2D eigenvalue weighted by molar-refractivity contribution is 0.343. The summed E-state index contributed by atoms with van der Waals surface area (Å²) in [7, 11) is 0. The van der Waals surface area contributed by atoms with E-state index in [1.54, 1.807) is 6.08 Å². The molecular weight excluding hydrogens is 144 g/mol. The first-order chi connectivity index (χ1) is 5.34. The van der Waals surface area contributed by atoms with Crippen LogP contribution in [-0.2, 0) is 0 Å². The summed E-state index contributed by atoms with van der Waals surface area (Å²) in [5.41, 5.74) is -0.182. The first-order valence-corrected chi connectivity index (χ1v) is 3.15. The van der Waals surface area contributed by atoms with Crippen molar-refractivity contribution in [1.82, 2.24) is 0 Å². The molecule has 0 radical (unpaired) electrons. The summed E-state index contributed by atoms with van der Waals surface area (Å²) in [5, 5.41) is 0. The van der Waals surface area contributed by atoms with Gasteiger partial charge in [-0.3, -0.25) is 4.79 Å². The number of hydrogen-bond donors (Lipinski definition) is 0. The third-order valence-corrected chi connectivity index (χ3v) is 1.07. The van der Waals surface area contributed by atoms with Crippen molar-refractivity contribution in [1.29, 1.82) is 0 Å². The SMILES string of the molecule is C=CCOc1coccc1=O. The summed E-state index contributed by atoms with van der Waals surface area (Å²) in [6, 6.07) is 1.30. The average Bonchev–Trinajstić information content (AvgIpc) is 2.03. The molecule has 1 aromatic rings. The molecule has 0 amide bonds. The molecule has 0 unspecified atom stereocenters. The van der Waals surface area contributed by atoms with E-state index in [0.717, 1.165) is 0 Å². The fourth-order valence-corrected chi connectivity index (χ4v) is 0.596. The Balaban J connectivity index is 2.78. The van der Waals surface area contributed by atoms with E-state index in [0.29, 0.717) is 6.61 Å². The standard InChI is InChI=1S/C8H8O3/c1-2-4-11-8-6-10-5-3-7(8)9/h2-3,5-6H,1,4H2. The van der Waals surface area contributed by atoms with Crippen molar-refractivity contribution in [2.24, 2.45) is 0 Å². The zero-order valence-corrected chi connectivity index (χ0v) is 5.95. The van der Waals surface area contributed by atoms with Crippen LogP contribution in [0.25, 0.3) is 0 Å². The van der Waals surface area contributed by atoms with Gasteiger partial charge in [0.25, 0.3) is 0 Å². The number of rotatable bonds is 3. The van der Waals surface area contributed by atoms with Crippen molar-refractivity contribution in [3.05, 3.63) is 41.5 Å². The molecule has 3 nitrogen and oxygen atoms in total. The van der Waals surface area contributed by atoms with Gasteiger partial charge in [0.15, 0.2) is 0 Å². The maximum absolute atomic E-state index is 10.9. The van der Waals surface area contributed by atoms with Crippen LogP contribution < -0.4 is 10.2 Å². The number of ether oxygens (including phenoxy) is 1. The topological polar surface area (TPSA) is 39.4 Å². The Labute approximate surface area is 63.9 Å². The van der Waals surface area contributed by atoms with Crippen LogP contribution in [0.4, 0.5) is 0 Å². The van der Waals surface area contributed by atoms with Gasteiger partial charge in [0.2, 0.25) is 11.2 Å². The molecule has 0 aliphatic carbocycles. The predicted octanol–water partition coefficient (Wildman–Crippen LogP) is 1.20. The van der Waals surface area contributed by atoms with Crippen molar-refractivity contribution < 1.29 is 9.15 Å². The summed E-state index contributed by atoms with van der Waals surface area (Å²) in [4.78, 5) is 10.9. The molecule has 1 aromatic heterocycles. The normalized spacial score (nSPS) is 9.09. The Kier molecular flexibility index (Phi) is 2.49. The smallest absolute Gasteiger partial charge is 0.226 e.